The smallest absolute Gasteiger partial charge is 0.110 e. The maximum Gasteiger partial charge on any atom is 0.110 e. The van der Waals surface area contributed by atoms with Gasteiger partial charge >= 0.3 is 0 Å². The van der Waals surface area contributed by atoms with E-state index < -0.39 is 5.60 Å². The molecule has 3 nitrogen and oxygen atoms in total. The fraction of sp³-hybridized carbons (Fsp3) is 0.600. The maximum atomic E-state index is 10.1. The van der Waals surface area contributed by atoms with Crippen molar-refractivity contribution in [1.82, 2.24) is 0 Å². The number of hydrogen-bond acceptors (Lipinski definition) is 3. The third-order valence-electron chi connectivity index (χ3n) is 2.81. The van der Waals surface area contributed by atoms with Gasteiger partial charge in [-0.05, 0) is 12.5 Å². The molecular formula is C10H15NO2. The van der Waals surface area contributed by atoms with Crippen molar-refractivity contribution >= 4 is 0 Å². The minimum absolute atomic E-state index is 0.280. The number of aryl methyl sites for hydroxylation is 2. The normalized spacial score (nSPS) is 26.4. The number of rotatable bonds is 2. The van der Waals surface area contributed by atoms with Gasteiger partial charge in [0.15, 0.2) is 0 Å². The number of aliphatic hydroxyl groups is 1. The number of furan rings is 1. The molecular weight excluding hydrogens is 166 g/mol. The van der Waals surface area contributed by atoms with Crippen LogP contribution >= 0.6 is 0 Å². The van der Waals surface area contributed by atoms with Crippen molar-refractivity contribution in [1.29, 1.82) is 0 Å². The van der Waals surface area contributed by atoms with Crippen molar-refractivity contribution in [3.05, 3.63) is 23.2 Å². The molecule has 0 aromatic carbocycles. The lowest BCUT2D eigenvalue weighted by atomic mass is 9.98. The standard InChI is InChI=1S/C10H15NO2/c1-2-7-5-8-9(13-7)3-4-10(8,12)6-11/h5,12H,2-4,6,11H2,1H3. The first kappa shape index (κ1) is 8.78. The fourth-order valence-electron chi connectivity index (χ4n) is 1.90. The zero-order valence-electron chi connectivity index (χ0n) is 7.84. The first-order chi connectivity index (χ1) is 6.19. The summed E-state index contributed by atoms with van der Waals surface area (Å²) in [5.74, 6) is 1.86. The van der Waals surface area contributed by atoms with Gasteiger partial charge in [0, 0.05) is 24.9 Å². The highest BCUT2D eigenvalue weighted by molar-refractivity contribution is 5.33. The molecule has 3 N–H and O–H groups in total. The van der Waals surface area contributed by atoms with Crippen LogP contribution in [0.15, 0.2) is 10.5 Å². The van der Waals surface area contributed by atoms with Gasteiger partial charge in [-0.15, -0.1) is 0 Å². The van der Waals surface area contributed by atoms with Crippen molar-refractivity contribution in [2.45, 2.75) is 31.8 Å². The van der Waals surface area contributed by atoms with E-state index in [4.69, 9.17) is 10.2 Å². The molecule has 0 spiro atoms. The summed E-state index contributed by atoms with van der Waals surface area (Å²) in [7, 11) is 0. The van der Waals surface area contributed by atoms with Crippen molar-refractivity contribution in [2.75, 3.05) is 6.54 Å². The van der Waals surface area contributed by atoms with Crippen LogP contribution in [0.4, 0.5) is 0 Å². The van der Waals surface area contributed by atoms with E-state index in [1.165, 1.54) is 0 Å². The molecule has 1 atom stereocenters. The molecule has 0 aliphatic heterocycles. The molecule has 0 amide bonds. The van der Waals surface area contributed by atoms with Crippen LogP contribution in [0.25, 0.3) is 0 Å². The molecule has 1 unspecified atom stereocenters. The monoisotopic (exact) mass is 181 g/mol. The van der Waals surface area contributed by atoms with Gasteiger partial charge in [-0.3, -0.25) is 0 Å². The summed E-state index contributed by atoms with van der Waals surface area (Å²) >= 11 is 0. The summed E-state index contributed by atoms with van der Waals surface area (Å²) in [6.07, 6.45) is 2.37. The van der Waals surface area contributed by atoms with Gasteiger partial charge in [-0.2, -0.15) is 0 Å². The summed E-state index contributed by atoms with van der Waals surface area (Å²) in [5, 5.41) is 10.1. The lowest BCUT2D eigenvalue weighted by Crippen LogP contribution is -2.31. The Morgan fingerprint density at radius 3 is 3.08 bits per heavy atom. The SMILES string of the molecule is CCc1cc2c(o1)CCC2(O)CN. The summed E-state index contributed by atoms with van der Waals surface area (Å²) in [6, 6.07) is 1.94. The van der Waals surface area contributed by atoms with Crippen molar-refractivity contribution < 1.29 is 9.52 Å². The van der Waals surface area contributed by atoms with E-state index in [0.29, 0.717) is 6.42 Å². The van der Waals surface area contributed by atoms with Gasteiger partial charge in [0.05, 0.1) is 0 Å². The van der Waals surface area contributed by atoms with E-state index in [1.54, 1.807) is 0 Å². The highest BCUT2D eigenvalue weighted by Gasteiger charge is 2.38. The van der Waals surface area contributed by atoms with Crippen molar-refractivity contribution in [3.8, 4) is 0 Å². The zero-order valence-corrected chi connectivity index (χ0v) is 7.84. The molecule has 0 radical (unpaired) electrons. The van der Waals surface area contributed by atoms with Crippen LogP contribution in [0.1, 0.15) is 30.4 Å². The minimum atomic E-state index is -0.827. The summed E-state index contributed by atoms with van der Waals surface area (Å²) in [6.45, 7) is 2.32. The molecule has 2 rings (SSSR count). The van der Waals surface area contributed by atoms with E-state index in [2.05, 4.69) is 0 Å². The average molecular weight is 181 g/mol. The Kier molecular flexibility index (Phi) is 1.93. The predicted molar refractivity (Wildman–Crippen MR) is 49.4 cm³/mol. The lowest BCUT2D eigenvalue weighted by molar-refractivity contribution is 0.0481. The third-order valence-corrected chi connectivity index (χ3v) is 2.81. The average Bonchev–Trinajstić information content (AvgIpc) is 2.67. The summed E-state index contributed by atoms with van der Waals surface area (Å²) in [5.41, 5.74) is 5.62. The maximum absolute atomic E-state index is 10.1. The number of fused-ring (bicyclic) bond motifs is 1. The second-order valence-corrected chi connectivity index (χ2v) is 3.64. The largest absolute Gasteiger partial charge is 0.466 e. The summed E-state index contributed by atoms with van der Waals surface area (Å²) < 4.78 is 5.56. The molecule has 3 heteroatoms. The van der Waals surface area contributed by atoms with Crippen LogP contribution < -0.4 is 5.73 Å². The van der Waals surface area contributed by atoms with Crippen LogP contribution in [0.2, 0.25) is 0 Å². The van der Waals surface area contributed by atoms with Gasteiger partial charge < -0.3 is 15.3 Å². The molecule has 1 aliphatic carbocycles. The molecule has 0 saturated carbocycles. The Balaban J connectivity index is 2.41. The van der Waals surface area contributed by atoms with E-state index in [0.717, 1.165) is 29.9 Å². The lowest BCUT2D eigenvalue weighted by Gasteiger charge is -2.19. The second-order valence-electron chi connectivity index (χ2n) is 3.64. The third kappa shape index (κ3) is 1.19. The Morgan fingerprint density at radius 1 is 1.69 bits per heavy atom. The Labute approximate surface area is 77.5 Å². The first-order valence-corrected chi connectivity index (χ1v) is 4.74. The zero-order chi connectivity index (χ0) is 9.47. The molecule has 1 aromatic rings. The van der Waals surface area contributed by atoms with E-state index in [9.17, 15) is 5.11 Å². The quantitative estimate of drug-likeness (QED) is 0.713. The molecule has 1 heterocycles. The van der Waals surface area contributed by atoms with Crippen molar-refractivity contribution in [2.24, 2.45) is 5.73 Å². The van der Waals surface area contributed by atoms with Crippen LogP contribution in [0.5, 0.6) is 0 Å². The van der Waals surface area contributed by atoms with Crippen LogP contribution in [-0.2, 0) is 18.4 Å². The molecule has 72 valence electrons. The molecule has 1 aliphatic rings. The molecule has 1 aromatic heterocycles. The summed E-state index contributed by atoms with van der Waals surface area (Å²) in [4.78, 5) is 0. The topological polar surface area (TPSA) is 59.4 Å². The van der Waals surface area contributed by atoms with Gasteiger partial charge in [0.1, 0.15) is 17.1 Å². The number of nitrogens with two attached hydrogens (primary N) is 1. The second kappa shape index (κ2) is 2.86. The van der Waals surface area contributed by atoms with Crippen LogP contribution in [0.3, 0.4) is 0 Å². The molecule has 13 heavy (non-hydrogen) atoms. The Bertz CT molecular complexity index is 319. The Morgan fingerprint density at radius 2 is 2.46 bits per heavy atom. The van der Waals surface area contributed by atoms with Crippen LogP contribution in [0, 0.1) is 0 Å². The van der Waals surface area contributed by atoms with Gasteiger partial charge in [0.25, 0.3) is 0 Å². The molecule has 0 saturated heterocycles. The molecule has 0 fully saturated rings. The highest BCUT2D eigenvalue weighted by atomic mass is 16.3. The Hall–Kier alpha value is -0.800. The number of hydrogen-bond donors (Lipinski definition) is 2. The van der Waals surface area contributed by atoms with E-state index in [1.807, 2.05) is 13.0 Å². The first-order valence-electron chi connectivity index (χ1n) is 4.74. The van der Waals surface area contributed by atoms with Gasteiger partial charge in [-0.1, -0.05) is 6.92 Å². The van der Waals surface area contributed by atoms with Crippen molar-refractivity contribution in [3.63, 3.8) is 0 Å². The fourth-order valence-corrected chi connectivity index (χ4v) is 1.90. The highest BCUT2D eigenvalue weighted by Crippen LogP contribution is 2.38. The molecule has 0 bridgehead atoms. The van der Waals surface area contributed by atoms with Gasteiger partial charge in [0.2, 0.25) is 0 Å². The minimum Gasteiger partial charge on any atom is -0.466 e. The van der Waals surface area contributed by atoms with E-state index >= 15 is 0 Å². The van der Waals surface area contributed by atoms with E-state index in [-0.39, 0.29) is 6.54 Å². The van der Waals surface area contributed by atoms with Crippen LogP contribution in [-0.4, -0.2) is 11.7 Å². The predicted octanol–water partition coefficient (Wildman–Crippen LogP) is 0.934. The van der Waals surface area contributed by atoms with Gasteiger partial charge in [-0.25, -0.2) is 0 Å².